The first-order valence-corrected chi connectivity index (χ1v) is 7.12. The van der Waals surface area contributed by atoms with Crippen molar-refractivity contribution in [3.8, 4) is 0 Å². The van der Waals surface area contributed by atoms with Gasteiger partial charge in [0, 0.05) is 24.3 Å². The molecule has 1 aliphatic rings. The number of anilines is 1. The quantitative estimate of drug-likeness (QED) is 0.866. The maximum Gasteiger partial charge on any atom is 0.253 e. The summed E-state index contributed by atoms with van der Waals surface area (Å²) in [6, 6.07) is 5.31. The van der Waals surface area contributed by atoms with Crippen LogP contribution in [0.1, 0.15) is 37.0 Å². The second-order valence-corrected chi connectivity index (χ2v) is 6.08. The topological polar surface area (TPSA) is 41.1 Å². The number of hydrogen-bond acceptors (Lipinski definition) is 2. The van der Waals surface area contributed by atoms with Crippen molar-refractivity contribution >= 4 is 23.2 Å². The molecule has 0 aliphatic heterocycles. The molecule has 0 aromatic heterocycles. The van der Waals surface area contributed by atoms with Crippen LogP contribution >= 0.6 is 11.6 Å². The number of carbonyl (C=O) groups is 1. The monoisotopic (exact) mass is 280 g/mol. The van der Waals surface area contributed by atoms with Gasteiger partial charge in [-0.15, -0.1) is 0 Å². The van der Waals surface area contributed by atoms with Crippen molar-refractivity contribution in [2.75, 3.05) is 18.9 Å². The van der Waals surface area contributed by atoms with Gasteiger partial charge < -0.3 is 10.6 Å². The summed E-state index contributed by atoms with van der Waals surface area (Å²) in [7, 11) is 1.80. The Morgan fingerprint density at radius 3 is 2.63 bits per heavy atom. The Morgan fingerprint density at radius 1 is 1.42 bits per heavy atom. The molecule has 0 bridgehead atoms. The molecule has 2 N–H and O–H groups in total. The van der Waals surface area contributed by atoms with Gasteiger partial charge in [-0.25, -0.2) is 0 Å². The third-order valence-electron chi connectivity index (χ3n) is 4.21. The predicted molar refractivity (Wildman–Crippen MR) is 79.8 cm³/mol. The van der Waals surface area contributed by atoms with E-state index in [4.69, 9.17) is 11.6 Å². The first-order chi connectivity index (χ1) is 8.98. The Bertz CT molecular complexity index is 481. The molecule has 1 aliphatic carbocycles. The Balaban J connectivity index is 2.06. The van der Waals surface area contributed by atoms with E-state index in [9.17, 15) is 4.79 Å². The third kappa shape index (κ3) is 3.03. The SMILES string of the molecule is CNc1ccc(Cl)cc1C(=O)NCC1(C(C)C)CC1. The van der Waals surface area contributed by atoms with E-state index in [1.807, 2.05) is 6.07 Å². The van der Waals surface area contributed by atoms with Crippen LogP contribution in [0.4, 0.5) is 5.69 Å². The molecule has 0 heterocycles. The van der Waals surface area contributed by atoms with Crippen LogP contribution in [0.2, 0.25) is 5.02 Å². The van der Waals surface area contributed by atoms with Crippen molar-refractivity contribution in [2.24, 2.45) is 11.3 Å². The van der Waals surface area contributed by atoms with Crippen molar-refractivity contribution in [1.29, 1.82) is 0 Å². The predicted octanol–water partition coefficient (Wildman–Crippen LogP) is 3.55. The normalized spacial score (nSPS) is 16.3. The summed E-state index contributed by atoms with van der Waals surface area (Å²) < 4.78 is 0. The minimum absolute atomic E-state index is 0.0567. The minimum atomic E-state index is -0.0567. The van der Waals surface area contributed by atoms with Gasteiger partial charge in [0.15, 0.2) is 0 Å². The molecule has 1 aromatic carbocycles. The Kier molecular flexibility index (Phi) is 4.04. The fourth-order valence-electron chi connectivity index (χ4n) is 2.39. The molecule has 1 saturated carbocycles. The maximum atomic E-state index is 12.3. The van der Waals surface area contributed by atoms with E-state index in [0.717, 1.165) is 12.2 Å². The van der Waals surface area contributed by atoms with Crippen LogP contribution in [0.15, 0.2) is 18.2 Å². The zero-order valence-electron chi connectivity index (χ0n) is 11.7. The van der Waals surface area contributed by atoms with E-state index in [1.54, 1.807) is 19.2 Å². The second-order valence-electron chi connectivity index (χ2n) is 5.64. The Morgan fingerprint density at radius 2 is 2.11 bits per heavy atom. The van der Waals surface area contributed by atoms with Crippen LogP contribution in [-0.2, 0) is 0 Å². The van der Waals surface area contributed by atoms with Crippen LogP contribution in [0.3, 0.4) is 0 Å². The summed E-state index contributed by atoms with van der Waals surface area (Å²) in [6.07, 6.45) is 2.42. The highest BCUT2D eigenvalue weighted by Crippen LogP contribution is 2.51. The molecular formula is C15H21ClN2O. The summed E-state index contributed by atoms with van der Waals surface area (Å²) in [5.41, 5.74) is 1.72. The van der Waals surface area contributed by atoms with Crippen molar-refractivity contribution in [3.05, 3.63) is 28.8 Å². The fraction of sp³-hybridized carbons (Fsp3) is 0.533. The molecule has 0 saturated heterocycles. The largest absolute Gasteiger partial charge is 0.387 e. The summed E-state index contributed by atoms with van der Waals surface area (Å²) in [5, 5.41) is 6.65. The van der Waals surface area contributed by atoms with Gasteiger partial charge in [-0.05, 0) is 42.4 Å². The number of nitrogens with one attached hydrogen (secondary N) is 2. The zero-order valence-corrected chi connectivity index (χ0v) is 12.5. The van der Waals surface area contributed by atoms with Crippen LogP contribution in [-0.4, -0.2) is 19.5 Å². The summed E-state index contributed by atoms with van der Waals surface area (Å²) >= 11 is 5.96. The lowest BCUT2D eigenvalue weighted by molar-refractivity contribution is 0.0940. The molecule has 0 radical (unpaired) electrons. The molecule has 104 valence electrons. The molecule has 2 rings (SSSR count). The third-order valence-corrected chi connectivity index (χ3v) is 4.45. The number of rotatable bonds is 5. The molecular weight excluding hydrogens is 260 g/mol. The van der Waals surface area contributed by atoms with Gasteiger partial charge in [-0.3, -0.25) is 4.79 Å². The van der Waals surface area contributed by atoms with Gasteiger partial charge in [0.25, 0.3) is 5.91 Å². The maximum absolute atomic E-state index is 12.3. The van der Waals surface area contributed by atoms with Crippen LogP contribution in [0, 0.1) is 11.3 Å². The van der Waals surface area contributed by atoms with Gasteiger partial charge >= 0.3 is 0 Å². The lowest BCUT2D eigenvalue weighted by Gasteiger charge is -2.20. The highest BCUT2D eigenvalue weighted by molar-refractivity contribution is 6.31. The molecule has 4 heteroatoms. The van der Waals surface area contributed by atoms with E-state index in [-0.39, 0.29) is 5.91 Å². The lowest BCUT2D eigenvalue weighted by Crippen LogP contribution is -2.32. The molecule has 0 unspecified atom stereocenters. The minimum Gasteiger partial charge on any atom is -0.387 e. The van der Waals surface area contributed by atoms with E-state index >= 15 is 0 Å². The average molecular weight is 281 g/mol. The molecule has 1 aromatic rings. The first kappa shape index (κ1) is 14.2. The molecule has 0 atom stereocenters. The fourth-order valence-corrected chi connectivity index (χ4v) is 2.56. The number of hydrogen-bond donors (Lipinski definition) is 2. The van der Waals surface area contributed by atoms with Gasteiger partial charge in [-0.2, -0.15) is 0 Å². The van der Waals surface area contributed by atoms with E-state index in [1.165, 1.54) is 12.8 Å². The standard InChI is InChI=1S/C15H21ClN2O/c1-10(2)15(6-7-15)9-18-14(19)12-8-11(16)4-5-13(12)17-3/h4-5,8,10,17H,6-7,9H2,1-3H3,(H,18,19). The van der Waals surface area contributed by atoms with Gasteiger partial charge in [0.2, 0.25) is 0 Å². The molecule has 0 spiro atoms. The van der Waals surface area contributed by atoms with Crippen molar-refractivity contribution in [1.82, 2.24) is 5.32 Å². The summed E-state index contributed by atoms with van der Waals surface area (Å²) in [5.74, 6) is 0.551. The Hall–Kier alpha value is -1.22. The number of carbonyl (C=O) groups excluding carboxylic acids is 1. The van der Waals surface area contributed by atoms with E-state index in [2.05, 4.69) is 24.5 Å². The number of benzene rings is 1. The zero-order chi connectivity index (χ0) is 14.0. The van der Waals surface area contributed by atoms with E-state index < -0.39 is 0 Å². The average Bonchev–Trinajstić information content (AvgIpc) is 3.17. The molecule has 1 fully saturated rings. The lowest BCUT2D eigenvalue weighted by atomic mass is 9.92. The number of halogens is 1. The highest BCUT2D eigenvalue weighted by Gasteiger charge is 2.45. The molecule has 3 nitrogen and oxygen atoms in total. The summed E-state index contributed by atoms with van der Waals surface area (Å²) in [6.45, 7) is 5.19. The van der Waals surface area contributed by atoms with Crippen molar-refractivity contribution in [3.63, 3.8) is 0 Å². The second kappa shape index (κ2) is 5.41. The summed E-state index contributed by atoms with van der Waals surface area (Å²) in [4.78, 5) is 12.3. The highest BCUT2D eigenvalue weighted by atomic mass is 35.5. The van der Waals surface area contributed by atoms with Crippen LogP contribution in [0.25, 0.3) is 0 Å². The van der Waals surface area contributed by atoms with Gasteiger partial charge in [0.05, 0.1) is 5.56 Å². The van der Waals surface area contributed by atoms with Crippen molar-refractivity contribution in [2.45, 2.75) is 26.7 Å². The smallest absolute Gasteiger partial charge is 0.253 e. The molecule has 1 amide bonds. The van der Waals surface area contributed by atoms with Gasteiger partial charge in [0.1, 0.15) is 0 Å². The Labute approximate surface area is 119 Å². The number of amides is 1. The van der Waals surface area contributed by atoms with Crippen LogP contribution < -0.4 is 10.6 Å². The first-order valence-electron chi connectivity index (χ1n) is 6.74. The van der Waals surface area contributed by atoms with E-state index in [0.29, 0.717) is 21.9 Å². The van der Waals surface area contributed by atoms with Gasteiger partial charge in [-0.1, -0.05) is 25.4 Å². The van der Waals surface area contributed by atoms with Crippen LogP contribution in [0.5, 0.6) is 0 Å². The van der Waals surface area contributed by atoms with Crippen molar-refractivity contribution < 1.29 is 4.79 Å². The molecule has 19 heavy (non-hydrogen) atoms.